The number of nitriles is 1. The lowest BCUT2D eigenvalue weighted by molar-refractivity contribution is -0.115. The van der Waals surface area contributed by atoms with Crippen molar-refractivity contribution in [1.29, 1.82) is 5.26 Å². The van der Waals surface area contributed by atoms with Crippen molar-refractivity contribution in [3.8, 4) is 34.2 Å². The molecule has 1 aliphatic carbocycles. The third kappa shape index (κ3) is 4.82. The maximum absolute atomic E-state index is 12.2. The first-order valence-corrected chi connectivity index (χ1v) is 10.1. The Hall–Kier alpha value is -3.89. The smallest absolute Gasteiger partial charge is 0.238 e. The van der Waals surface area contributed by atoms with Gasteiger partial charge in [-0.15, -0.1) is 0 Å². The maximum atomic E-state index is 12.2. The van der Waals surface area contributed by atoms with Crippen LogP contribution in [0.25, 0.3) is 22.4 Å². The molecule has 156 valence electrons. The minimum Gasteiger partial charge on any atom is -0.507 e. The van der Waals surface area contributed by atoms with Crippen LogP contribution in [0.15, 0.2) is 54.6 Å². The normalized spacial score (nSPS) is 12.9. The molecule has 31 heavy (non-hydrogen) atoms. The summed E-state index contributed by atoms with van der Waals surface area (Å²) in [6, 6.07) is 17.9. The van der Waals surface area contributed by atoms with Crippen molar-refractivity contribution >= 4 is 17.4 Å². The van der Waals surface area contributed by atoms with Crippen LogP contribution in [0.5, 0.6) is 5.75 Å². The monoisotopic (exact) mass is 413 g/mol. The third-order valence-electron chi connectivity index (χ3n) is 5.21. The molecule has 0 atom stereocenters. The Morgan fingerprint density at radius 1 is 1.16 bits per heavy atom. The molecule has 0 radical (unpaired) electrons. The summed E-state index contributed by atoms with van der Waals surface area (Å²) < 4.78 is 0. The minimum absolute atomic E-state index is 0.0739. The standard InChI is InChI=1S/C24H23N5O2/c25-12-20-19(11-21(29-24(20)26)18-6-1-2-7-22(18)30)16-4-3-5-17(10-16)28-23(31)14-27-13-15-8-9-15/h1-7,10-11,15,27,30H,8-9,13-14H2,(H2,26,29)(H,28,31). The highest BCUT2D eigenvalue weighted by Crippen LogP contribution is 2.35. The summed E-state index contributed by atoms with van der Waals surface area (Å²) in [7, 11) is 0. The quantitative estimate of drug-likeness (QED) is 0.470. The highest BCUT2D eigenvalue weighted by Gasteiger charge is 2.20. The molecule has 3 aromatic rings. The number of aromatic nitrogens is 1. The number of amides is 1. The first-order valence-electron chi connectivity index (χ1n) is 10.1. The number of nitrogens with two attached hydrogens (primary N) is 1. The van der Waals surface area contributed by atoms with E-state index in [1.54, 1.807) is 48.5 Å². The number of rotatable bonds is 7. The molecule has 0 aliphatic heterocycles. The van der Waals surface area contributed by atoms with Gasteiger partial charge in [-0.25, -0.2) is 4.98 Å². The second-order valence-corrected chi connectivity index (χ2v) is 7.65. The molecule has 0 saturated heterocycles. The zero-order valence-electron chi connectivity index (χ0n) is 16.9. The molecule has 1 saturated carbocycles. The van der Waals surface area contributed by atoms with E-state index in [1.807, 2.05) is 6.07 Å². The van der Waals surface area contributed by atoms with Gasteiger partial charge in [0.1, 0.15) is 23.2 Å². The van der Waals surface area contributed by atoms with Crippen LogP contribution in [0.4, 0.5) is 11.5 Å². The van der Waals surface area contributed by atoms with E-state index in [-0.39, 0.29) is 29.6 Å². The number of benzene rings is 2. The number of anilines is 2. The molecule has 1 amide bonds. The lowest BCUT2D eigenvalue weighted by Gasteiger charge is -2.13. The number of carbonyl (C=O) groups is 1. The number of phenolic OH excluding ortho intramolecular Hbond substituents is 1. The zero-order chi connectivity index (χ0) is 21.8. The van der Waals surface area contributed by atoms with Crippen LogP contribution >= 0.6 is 0 Å². The number of hydrogen-bond donors (Lipinski definition) is 4. The van der Waals surface area contributed by atoms with Crippen molar-refractivity contribution < 1.29 is 9.90 Å². The number of pyridine rings is 1. The Morgan fingerprint density at radius 3 is 2.71 bits per heavy atom. The van der Waals surface area contributed by atoms with Gasteiger partial charge < -0.3 is 21.5 Å². The fourth-order valence-electron chi connectivity index (χ4n) is 3.42. The number of para-hydroxylation sites is 1. The first kappa shape index (κ1) is 20.4. The summed E-state index contributed by atoms with van der Waals surface area (Å²) in [6.07, 6.45) is 2.46. The molecule has 0 unspecified atom stereocenters. The molecular weight excluding hydrogens is 390 g/mol. The molecule has 2 aromatic carbocycles. The second kappa shape index (κ2) is 8.86. The van der Waals surface area contributed by atoms with Gasteiger partial charge in [-0.05, 0) is 61.2 Å². The number of nitrogen functional groups attached to an aromatic ring is 1. The van der Waals surface area contributed by atoms with E-state index < -0.39 is 0 Å². The molecular formula is C24H23N5O2. The topological polar surface area (TPSA) is 124 Å². The van der Waals surface area contributed by atoms with Gasteiger partial charge in [0, 0.05) is 16.8 Å². The SMILES string of the molecule is N#Cc1c(-c2cccc(NC(=O)CNCC3CC3)c2)cc(-c2ccccc2O)nc1N. The number of aromatic hydroxyl groups is 1. The molecule has 1 fully saturated rings. The van der Waals surface area contributed by atoms with Crippen molar-refractivity contribution in [3.63, 3.8) is 0 Å². The molecule has 4 rings (SSSR count). The highest BCUT2D eigenvalue weighted by atomic mass is 16.3. The predicted octanol–water partition coefficient (Wildman–Crippen LogP) is 3.51. The van der Waals surface area contributed by atoms with E-state index in [0.717, 1.165) is 6.54 Å². The lowest BCUT2D eigenvalue weighted by atomic mass is 9.98. The van der Waals surface area contributed by atoms with Crippen molar-refractivity contribution in [3.05, 3.63) is 60.2 Å². The Labute approximate surface area is 180 Å². The van der Waals surface area contributed by atoms with Gasteiger partial charge in [-0.1, -0.05) is 24.3 Å². The number of hydrogen-bond acceptors (Lipinski definition) is 6. The van der Waals surface area contributed by atoms with E-state index in [1.165, 1.54) is 12.8 Å². The zero-order valence-corrected chi connectivity index (χ0v) is 16.9. The molecule has 7 nitrogen and oxygen atoms in total. The number of phenols is 1. The summed E-state index contributed by atoms with van der Waals surface area (Å²) >= 11 is 0. The lowest BCUT2D eigenvalue weighted by Crippen LogP contribution is -2.29. The fourth-order valence-corrected chi connectivity index (χ4v) is 3.42. The Bertz CT molecular complexity index is 1160. The molecule has 7 heteroatoms. The van der Waals surface area contributed by atoms with Crippen molar-refractivity contribution in [2.24, 2.45) is 5.92 Å². The maximum Gasteiger partial charge on any atom is 0.238 e. The summed E-state index contributed by atoms with van der Waals surface area (Å²) in [5, 5.41) is 25.9. The third-order valence-corrected chi connectivity index (χ3v) is 5.21. The average molecular weight is 413 g/mol. The molecule has 1 heterocycles. The van der Waals surface area contributed by atoms with Gasteiger partial charge >= 0.3 is 0 Å². The number of nitrogens with one attached hydrogen (secondary N) is 2. The van der Waals surface area contributed by atoms with E-state index >= 15 is 0 Å². The molecule has 1 aliphatic rings. The van der Waals surface area contributed by atoms with Crippen LogP contribution in [0, 0.1) is 17.2 Å². The van der Waals surface area contributed by atoms with E-state index in [0.29, 0.717) is 34.0 Å². The van der Waals surface area contributed by atoms with Crippen LogP contribution in [-0.2, 0) is 4.79 Å². The largest absolute Gasteiger partial charge is 0.507 e. The number of carbonyl (C=O) groups excluding carboxylic acids is 1. The Balaban J connectivity index is 1.62. The summed E-state index contributed by atoms with van der Waals surface area (Å²) in [5.41, 5.74) is 9.21. The molecule has 1 aromatic heterocycles. The van der Waals surface area contributed by atoms with Crippen LogP contribution in [0.2, 0.25) is 0 Å². The van der Waals surface area contributed by atoms with Crippen LogP contribution in [-0.4, -0.2) is 29.1 Å². The predicted molar refractivity (Wildman–Crippen MR) is 120 cm³/mol. The van der Waals surface area contributed by atoms with Crippen molar-refractivity contribution in [2.45, 2.75) is 12.8 Å². The average Bonchev–Trinajstić information content (AvgIpc) is 3.58. The molecule has 5 N–H and O–H groups in total. The molecule has 0 spiro atoms. The van der Waals surface area contributed by atoms with Gasteiger partial charge in [0.05, 0.1) is 12.2 Å². The Morgan fingerprint density at radius 2 is 1.97 bits per heavy atom. The molecule has 0 bridgehead atoms. The van der Waals surface area contributed by atoms with Gasteiger partial charge in [0.25, 0.3) is 0 Å². The van der Waals surface area contributed by atoms with Crippen LogP contribution in [0.1, 0.15) is 18.4 Å². The summed E-state index contributed by atoms with van der Waals surface area (Å²) in [4.78, 5) is 16.5. The highest BCUT2D eigenvalue weighted by molar-refractivity contribution is 5.93. The van der Waals surface area contributed by atoms with E-state index in [4.69, 9.17) is 5.73 Å². The van der Waals surface area contributed by atoms with E-state index in [2.05, 4.69) is 21.7 Å². The van der Waals surface area contributed by atoms with E-state index in [9.17, 15) is 15.2 Å². The summed E-state index contributed by atoms with van der Waals surface area (Å²) in [6.45, 7) is 1.12. The summed E-state index contributed by atoms with van der Waals surface area (Å²) in [5.74, 6) is 0.736. The minimum atomic E-state index is -0.123. The van der Waals surface area contributed by atoms with Crippen LogP contribution < -0.4 is 16.4 Å². The Kier molecular flexibility index (Phi) is 5.83. The van der Waals surface area contributed by atoms with Crippen molar-refractivity contribution in [1.82, 2.24) is 10.3 Å². The second-order valence-electron chi connectivity index (χ2n) is 7.65. The van der Waals surface area contributed by atoms with Crippen molar-refractivity contribution in [2.75, 3.05) is 24.1 Å². The first-order chi connectivity index (χ1) is 15.0. The van der Waals surface area contributed by atoms with Crippen LogP contribution in [0.3, 0.4) is 0 Å². The van der Waals surface area contributed by atoms with Gasteiger partial charge in [0.15, 0.2) is 0 Å². The fraction of sp³-hybridized carbons (Fsp3) is 0.208. The van der Waals surface area contributed by atoms with Gasteiger partial charge in [0.2, 0.25) is 5.91 Å². The number of nitrogens with zero attached hydrogens (tertiary/aromatic N) is 2. The van der Waals surface area contributed by atoms with Gasteiger partial charge in [-0.3, -0.25) is 4.79 Å². The van der Waals surface area contributed by atoms with Gasteiger partial charge in [-0.2, -0.15) is 5.26 Å².